The zero-order chi connectivity index (χ0) is 7.90. The Balaban J connectivity index is 2.66. The first-order valence-electron chi connectivity index (χ1n) is 3.01. The van der Waals surface area contributed by atoms with E-state index < -0.39 is 10.0 Å². The fraction of sp³-hybridized carbons (Fsp3) is 0.200. The molecule has 2 N–H and O–H groups in total. The Morgan fingerprint density at radius 3 is 3.09 bits per heavy atom. The lowest BCUT2D eigenvalue weighted by atomic mass is 10.3. The summed E-state index contributed by atoms with van der Waals surface area (Å²) in [7, 11) is -3.24. The van der Waals surface area contributed by atoms with Gasteiger partial charge in [-0.2, -0.15) is 0 Å². The Morgan fingerprint density at radius 1 is 1.55 bits per heavy atom. The Kier molecular flexibility index (Phi) is 1.50. The summed E-state index contributed by atoms with van der Waals surface area (Å²) >= 11 is 1.24. The lowest BCUT2D eigenvalue weighted by Crippen LogP contribution is -2.40. The molecule has 1 aromatic heterocycles. The van der Waals surface area contributed by atoms with E-state index in [9.17, 15) is 8.42 Å². The van der Waals surface area contributed by atoms with Crippen molar-refractivity contribution in [3.05, 3.63) is 17.0 Å². The van der Waals surface area contributed by atoms with E-state index in [0.29, 0.717) is 10.8 Å². The van der Waals surface area contributed by atoms with Crippen molar-refractivity contribution in [1.82, 2.24) is 10.3 Å². The lowest BCUT2D eigenvalue weighted by molar-refractivity contribution is 0.542. The summed E-state index contributed by atoms with van der Waals surface area (Å²) in [4.78, 5) is 2.23. The Bertz CT molecular complexity index is 368. The van der Waals surface area contributed by atoms with Crippen LogP contribution in [-0.2, 0) is 16.6 Å². The SMILES string of the molecule is O=S1(=O)NNCc2ccsc21. The highest BCUT2D eigenvalue weighted by Gasteiger charge is 2.23. The van der Waals surface area contributed by atoms with Crippen molar-refractivity contribution in [2.75, 3.05) is 0 Å². The molecule has 0 amide bonds. The average molecular weight is 190 g/mol. The molecule has 4 nitrogen and oxygen atoms in total. The molecule has 0 bridgehead atoms. The van der Waals surface area contributed by atoms with Gasteiger partial charge in [0.2, 0.25) is 0 Å². The van der Waals surface area contributed by atoms with E-state index in [-0.39, 0.29) is 0 Å². The van der Waals surface area contributed by atoms with Crippen LogP contribution in [0.2, 0.25) is 0 Å². The van der Waals surface area contributed by atoms with Crippen molar-refractivity contribution in [3.8, 4) is 0 Å². The molecule has 1 aliphatic rings. The van der Waals surface area contributed by atoms with Crippen LogP contribution in [0.15, 0.2) is 15.7 Å². The van der Waals surface area contributed by atoms with Crippen molar-refractivity contribution in [2.45, 2.75) is 10.8 Å². The molecule has 0 unspecified atom stereocenters. The molecule has 0 aliphatic carbocycles. The second kappa shape index (κ2) is 2.28. The molecule has 11 heavy (non-hydrogen) atoms. The van der Waals surface area contributed by atoms with Crippen molar-refractivity contribution < 1.29 is 8.42 Å². The van der Waals surface area contributed by atoms with Crippen LogP contribution in [0.4, 0.5) is 0 Å². The van der Waals surface area contributed by atoms with Crippen LogP contribution in [-0.4, -0.2) is 8.42 Å². The molecule has 0 fully saturated rings. The highest BCUT2D eigenvalue weighted by Crippen LogP contribution is 2.23. The minimum atomic E-state index is -3.24. The molecule has 0 aromatic carbocycles. The average Bonchev–Trinajstić information content (AvgIpc) is 2.34. The van der Waals surface area contributed by atoms with Gasteiger partial charge in [-0.3, -0.25) is 0 Å². The summed E-state index contributed by atoms with van der Waals surface area (Å²) in [5.74, 6) is 0. The molecule has 1 aliphatic heterocycles. The van der Waals surface area contributed by atoms with Crippen molar-refractivity contribution in [3.63, 3.8) is 0 Å². The first-order valence-corrected chi connectivity index (χ1v) is 5.37. The van der Waals surface area contributed by atoms with Crippen LogP contribution >= 0.6 is 11.3 Å². The van der Waals surface area contributed by atoms with E-state index in [1.54, 1.807) is 5.38 Å². The van der Waals surface area contributed by atoms with E-state index >= 15 is 0 Å². The summed E-state index contributed by atoms with van der Waals surface area (Å²) in [6, 6.07) is 1.81. The maximum Gasteiger partial charge on any atom is 0.263 e. The minimum absolute atomic E-state index is 0.427. The van der Waals surface area contributed by atoms with Crippen LogP contribution in [0.3, 0.4) is 0 Å². The normalized spacial score (nSPS) is 21.1. The summed E-state index contributed by atoms with van der Waals surface area (Å²) < 4.78 is 22.8. The molecule has 0 spiro atoms. The van der Waals surface area contributed by atoms with Gasteiger partial charge in [0.05, 0.1) is 0 Å². The summed E-state index contributed by atoms with van der Waals surface area (Å²) in [6.07, 6.45) is 0. The zero-order valence-electron chi connectivity index (χ0n) is 5.49. The van der Waals surface area contributed by atoms with Crippen molar-refractivity contribution in [1.29, 1.82) is 0 Å². The first-order chi connectivity index (χ1) is 5.20. The first kappa shape index (κ1) is 7.23. The quantitative estimate of drug-likeness (QED) is 0.607. The van der Waals surface area contributed by atoms with Gasteiger partial charge >= 0.3 is 0 Å². The van der Waals surface area contributed by atoms with Gasteiger partial charge in [-0.05, 0) is 17.0 Å². The third-order valence-corrected chi connectivity index (χ3v) is 4.29. The molecule has 0 radical (unpaired) electrons. The third-order valence-electron chi connectivity index (χ3n) is 1.44. The van der Waals surface area contributed by atoms with Crippen LogP contribution in [0.5, 0.6) is 0 Å². The standard InChI is InChI=1S/C5H6N2O2S2/c8-11(9)5-4(1-2-10-5)3-6-7-11/h1-2,6-7H,3H2. The van der Waals surface area contributed by atoms with E-state index in [4.69, 9.17) is 0 Å². The molecular formula is C5H6N2O2S2. The number of rotatable bonds is 0. The number of thiophene rings is 1. The zero-order valence-corrected chi connectivity index (χ0v) is 7.13. The summed E-state index contributed by atoms with van der Waals surface area (Å²) in [5.41, 5.74) is 3.43. The number of hydrazine groups is 1. The fourth-order valence-corrected chi connectivity index (χ4v) is 3.25. The molecule has 0 saturated carbocycles. The Labute approximate surface area is 68.3 Å². The van der Waals surface area contributed by atoms with Gasteiger partial charge < -0.3 is 0 Å². The topological polar surface area (TPSA) is 58.2 Å². The largest absolute Gasteiger partial charge is 0.263 e. The summed E-state index contributed by atoms with van der Waals surface area (Å²) in [5, 5.41) is 1.77. The van der Waals surface area contributed by atoms with Gasteiger partial charge in [0.25, 0.3) is 10.0 Å². The molecule has 1 aromatic rings. The minimum Gasteiger partial charge on any atom is -0.239 e. The Hall–Kier alpha value is -0.430. The second-order valence-corrected chi connectivity index (χ2v) is 4.99. The number of hydrogen-bond acceptors (Lipinski definition) is 4. The van der Waals surface area contributed by atoms with Crippen LogP contribution < -0.4 is 10.3 Å². The molecular weight excluding hydrogens is 184 g/mol. The van der Waals surface area contributed by atoms with Crippen LogP contribution in [0, 0.1) is 0 Å². The van der Waals surface area contributed by atoms with Crippen LogP contribution in [0.25, 0.3) is 0 Å². The number of fused-ring (bicyclic) bond motifs is 1. The summed E-state index contributed by atoms with van der Waals surface area (Å²) in [6.45, 7) is 0.568. The van der Waals surface area contributed by atoms with Gasteiger partial charge in [0.15, 0.2) is 0 Å². The van der Waals surface area contributed by atoms with Crippen molar-refractivity contribution in [2.24, 2.45) is 0 Å². The number of hydrogen-bond donors (Lipinski definition) is 2. The second-order valence-electron chi connectivity index (χ2n) is 2.19. The van der Waals surface area contributed by atoms with Gasteiger partial charge in [0, 0.05) is 6.54 Å². The lowest BCUT2D eigenvalue weighted by Gasteiger charge is -2.13. The number of nitrogens with one attached hydrogen (secondary N) is 2. The Morgan fingerprint density at radius 2 is 2.36 bits per heavy atom. The molecule has 2 heterocycles. The molecule has 6 heteroatoms. The molecule has 60 valence electrons. The fourth-order valence-electron chi connectivity index (χ4n) is 0.961. The highest BCUT2D eigenvalue weighted by molar-refractivity contribution is 7.91. The maximum absolute atomic E-state index is 11.2. The predicted octanol–water partition coefficient (Wildman–Crippen LogP) is 0.0446. The van der Waals surface area contributed by atoms with Gasteiger partial charge in [-0.15, -0.1) is 16.2 Å². The number of sulfonamides is 1. The molecule has 0 saturated heterocycles. The van der Waals surface area contributed by atoms with E-state index in [1.807, 2.05) is 6.07 Å². The molecule has 0 atom stereocenters. The van der Waals surface area contributed by atoms with E-state index in [0.717, 1.165) is 5.56 Å². The molecule has 2 rings (SSSR count). The van der Waals surface area contributed by atoms with E-state index in [2.05, 4.69) is 10.3 Å². The third kappa shape index (κ3) is 1.08. The van der Waals surface area contributed by atoms with Crippen molar-refractivity contribution >= 4 is 21.4 Å². The van der Waals surface area contributed by atoms with Gasteiger partial charge in [0.1, 0.15) is 4.21 Å². The smallest absolute Gasteiger partial charge is 0.239 e. The highest BCUT2D eigenvalue weighted by atomic mass is 32.2. The predicted molar refractivity (Wildman–Crippen MR) is 41.5 cm³/mol. The van der Waals surface area contributed by atoms with Crippen LogP contribution in [0.1, 0.15) is 5.56 Å². The maximum atomic E-state index is 11.2. The van der Waals surface area contributed by atoms with Gasteiger partial charge in [-0.25, -0.2) is 13.8 Å². The monoisotopic (exact) mass is 190 g/mol. The van der Waals surface area contributed by atoms with Gasteiger partial charge in [-0.1, -0.05) is 0 Å². The van der Waals surface area contributed by atoms with E-state index in [1.165, 1.54) is 11.3 Å².